The van der Waals surface area contributed by atoms with Crippen LogP contribution < -0.4 is 5.32 Å². The van der Waals surface area contributed by atoms with Crippen LogP contribution in [0.1, 0.15) is 45.1 Å². The molecule has 0 radical (unpaired) electrons. The largest absolute Gasteiger partial charge is 0.462 e. The monoisotopic (exact) mass is 405 g/mol. The van der Waals surface area contributed by atoms with Crippen molar-refractivity contribution < 1.29 is 18.7 Å². The minimum atomic E-state index is -0.493. The molecule has 1 aliphatic rings. The van der Waals surface area contributed by atoms with Gasteiger partial charge in [-0.25, -0.2) is 9.18 Å². The lowest BCUT2D eigenvalue weighted by molar-refractivity contribution is 0.0526. The molecule has 0 bridgehead atoms. The molecular weight excluding hydrogens is 385 g/mol. The van der Waals surface area contributed by atoms with Crippen molar-refractivity contribution in [1.29, 1.82) is 0 Å². The Labute approximate surface area is 173 Å². The first kappa shape index (κ1) is 19.6. The van der Waals surface area contributed by atoms with E-state index in [4.69, 9.17) is 4.74 Å². The second-order valence-electron chi connectivity index (χ2n) is 6.84. The molecule has 1 atom stereocenters. The molecule has 0 saturated carbocycles. The summed E-state index contributed by atoms with van der Waals surface area (Å²) in [6.45, 7) is 2.36. The van der Waals surface area contributed by atoms with E-state index in [0.717, 1.165) is 11.3 Å². The highest BCUT2D eigenvalue weighted by atomic mass is 19.1. The van der Waals surface area contributed by atoms with Crippen molar-refractivity contribution in [3.8, 4) is 0 Å². The van der Waals surface area contributed by atoms with Crippen LogP contribution in [0.5, 0.6) is 0 Å². The molecule has 1 N–H and O–H groups in total. The van der Waals surface area contributed by atoms with Gasteiger partial charge >= 0.3 is 5.97 Å². The van der Waals surface area contributed by atoms with Crippen LogP contribution in [0.3, 0.4) is 0 Å². The van der Waals surface area contributed by atoms with Crippen LogP contribution in [0, 0.1) is 5.82 Å². The highest BCUT2D eigenvalue weighted by Crippen LogP contribution is 2.34. The molecule has 2 heterocycles. The first-order valence-electron chi connectivity index (χ1n) is 9.61. The van der Waals surface area contributed by atoms with Crippen LogP contribution in [0.4, 0.5) is 10.1 Å². The third kappa shape index (κ3) is 3.87. The molecule has 7 heteroatoms. The summed E-state index contributed by atoms with van der Waals surface area (Å²) in [5.74, 6) is -0.860. The van der Waals surface area contributed by atoms with Crippen molar-refractivity contribution in [3.05, 3.63) is 95.1 Å². The van der Waals surface area contributed by atoms with E-state index >= 15 is 0 Å². The van der Waals surface area contributed by atoms with Crippen LogP contribution in [0.15, 0.2) is 66.9 Å². The molecular formula is C23H20FN3O3. The van der Waals surface area contributed by atoms with Crippen molar-refractivity contribution in [1.82, 2.24) is 9.88 Å². The van der Waals surface area contributed by atoms with Gasteiger partial charge in [-0.2, -0.15) is 0 Å². The van der Waals surface area contributed by atoms with Gasteiger partial charge in [0.05, 0.1) is 23.4 Å². The van der Waals surface area contributed by atoms with Gasteiger partial charge in [0.15, 0.2) is 0 Å². The fourth-order valence-electron chi connectivity index (χ4n) is 3.41. The van der Waals surface area contributed by atoms with E-state index in [9.17, 15) is 14.0 Å². The predicted octanol–water partition coefficient (Wildman–Crippen LogP) is 4.16. The number of carbonyl (C=O) groups excluding carboxylic acids is 2. The van der Waals surface area contributed by atoms with Crippen LogP contribution in [-0.4, -0.2) is 28.4 Å². The quantitative estimate of drug-likeness (QED) is 0.624. The number of amides is 1. The zero-order chi connectivity index (χ0) is 21.1. The van der Waals surface area contributed by atoms with Crippen LogP contribution in [0.25, 0.3) is 0 Å². The number of carbonyl (C=O) groups is 2. The Morgan fingerprint density at radius 1 is 1.13 bits per heavy atom. The summed E-state index contributed by atoms with van der Waals surface area (Å²) in [5.41, 5.74) is 3.14. The molecule has 0 unspecified atom stereocenters. The van der Waals surface area contributed by atoms with Crippen LogP contribution >= 0.6 is 0 Å². The molecule has 0 saturated heterocycles. The maximum absolute atomic E-state index is 13.3. The zero-order valence-electron chi connectivity index (χ0n) is 16.3. The molecule has 152 valence electrons. The van der Waals surface area contributed by atoms with E-state index in [-0.39, 0.29) is 17.7 Å². The average molecular weight is 405 g/mol. The fraction of sp³-hybridized carbons (Fsp3) is 0.174. The smallest absolute Gasteiger partial charge is 0.338 e. The van der Waals surface area contributed by atoms with Gasteiger partial charge in [0, 0.05) is 18.4 Å². The van der Waals surface area contributed by atoms with Crippen molar-refractivity contribution in [2.45, 2.75) is 19.6 Å². The topological polar surface area (TPSA) is 71.5 Å². The number of benzene rings is 2. The molecule has 0 fully saturated rings. The van der Waals surface area contributed by atoms with E-state index in [1.807, 2.05) is 0 Å². The number of nitrogens with zero attached hydrogens (tertiary/aromatic N) is 2. The minimum Gasteiger partial charge on any atom is -0.462 e. The maximum Gasteiger partial charge on any atom is 0.338 e. The summed E-state index contributed by atoms with van der Waals surface area (Å²) in [7, 11) is 0. The molecule has 1 aliphatic heterocycles. The van der Waals surface area contributed by atoms with Gasteiger partial charge in [-0.15, -0.1) is 0 Å². The number of hydrogen-bond donors (Lipinski definition) is 1. The lowest BCUT2D eigenvalue weighted by atomic mass is 10.2. The summed E-state index contributed by atoms with van der Waals surface area (Å²) >= 11 is 0. The van der Waals surface area contributed by atoms with Gasteiger partial charge < -0.3 is 15.0 Å². The van der Waals surface area contributed by atoms with Crippen molar-refractivity contribution in [2.24, 2.45) is 0 Å². The number of fused-ring (bicyclic) bond motifs is 1. The Morgan fingerprint density at radius 2 is 1.87 bits per heavy atom. The van der Waals surface area contributed by atoms with E-state index in [1.165, 1.54) is 12.1 Å². The lowest BCUT2D eigenvalue weighted by Crippen LogP contribution is -2.32. The molecule has 6 nitrogen and oxygen atoms in total. The first-order valence-corrected chi connectivity index (χ1v) is 9.61. The van der Waals surface area contributed by atoms with Crippen molar-refractivity contribution >= 4 is 17.6 Å². The number of nitrogens with one attached hydrogen (secondary N) is 1. The van der Waals surface area contributed by atoms with E-state index in [0.29, 0.717) is 30.0 Å². The summed E-state index contributed by atoms with van der Waals surface area (Å²) in [6, 6.07) is 16.4. The number of aromatic nitrogens is 1. The summed E-state index contributed by atoms with van der Waals surface area (Å²) < 4.78 is 18.3. The fourth-order valence-corrected chi connectivity index (χ4v) is 3.41. The van der Waals surface area contributed by atoms with Gasteiger partial charge in [0.2, 0.25) is 0 Å². The normalized spacial score (nSPS) is 15.1. The Balaban J connectivity index is 1.60. The molecule has 0 spiro atoms. The molecule has 30 heavy (non-hydrogen) atoms. The molecule has 1 amide bonds. The third-order valence-electron chi connectivity index (χ3n) is 4.87. The second-order valence-corrected chi connectivity index (χ2v) is 6.84. The number of esters is 1. The van der Waals surface area contributed by atoms with Crippen LogP contribution in [-0.2, 0) is 11.3 Å². The molecule has 4 rings (SSSR count). The Kier molecular flexibility index (Phi) is 5.43. The second kappa shape index (κ2) is 8.32. The first-order chi connectivity index (χ1) is 14.6. The van der Waals surface area contributed by atoms with Gasteiger partial charge in [-0.05, 0) is 61.0 Å². The van der Waals surface area contributed by atoms with Crippen LogP contribution in [0.2, 0.25) is 0 Å². The van der Waals surface area contributed by atoms with E-state index in [1.54, 1.807) is 66.6 Å². The Hall–Kier alpha value is -3.74. The zero-order valence-corrected chi connectivity index (χ0v) is 16.3. The molecule has 2 aromatic carbocycles. The molecule has 3 aromatic rings. The number of hydrogen-bond acceptors (Lipinski definition) is 5. The predicted molar refractivity (Wildman–Crippen MR) is 109 cm³/mol. The van der Waals surface area contributed by atoms with Gasteiger partial charge in [-0.3, -0.25) is 9.78 Å². The molecule has 1 aromatic heterocycles. The highest BCUT2D eigenvalue weighted by Gasteiger charge is 2.37. The van der Waals surface area contributed by atoms with Gasteiger partial charge in [0.25, 0.3) is 5.91 Å². The Bertz CT molecular complexity index is 1070. The lowest BCUT2D eigenvalue weighted by Gasteiger charge is -2.26. The number of ether oxygens (including phenoxy) is 1. The van der Waals surface area contributed by atoms with Crippen molar-refractivity contribution in [2.75, 3.05) is 11.9 Å². The molecule has 0 aliphatic carbocycles. The number of anilines is 1. The number of halogens is 1. The summed E-state index contributed by atoms with van der Waals surface area (Å²) in [5, 5.41) is 3.32. The van der Waals surface area contributed by atoms with Gasteiger partial charge in [0.1, 0.15) is 12.0 Å². The number of rotatable bonds is 6. The Morgan fingerprint density at radius 3 is 2.57 bits per heavy atom. The highest BCUT2D eigenvalue weighted by molar-refractivity contribution is 5.99. The average Bonchev–Trinajstić information content (AvgIpc) is 3.02. The SMILES string of the molecule is CCOC(=O)c1ccc(N[C@H]2c3ncccc3C(=O)N2Cc2ccc(F)cc2)cc1. The van der Waals surface area contributed by atoms with E-state index in [2.05, 4.69) is 10.3 Å². The third-order valence-corrected chi connectivity index (χ3v) is 4.87. The van der Waals surface area contributed by atoms with Gasteiger partial charge in [-0.1, -0.05) is 12.1 Å². The number of pyridine rings is 1. The summed E-state index contributed by atoms with van der Waals surface area (Å²) in [4.78, 5) is 30.9. The van der Waals surface area contributed by atoms with E-state index < -0.39 is 6.17 Å². The van der Waals surface area contributed by atoms with Crippen molar-refractivity contribution in [3.63, 3.8) is 0 Å². The standard InChI is InChI=1S/C23H20FN3O3/c1-2-30-23(29)16-7-11-18(12-8-16)26-21-20-19(4-3-13-25-20)22(28)27(21)14-15-5-9-17(24)10-6-15/h3-13,21,26H,2,14H2,1H3/t21-/m1/s1. The maximum atomic E-state index is 13.3. The minimum absolute atomic E-state index is 0.150. The summed E-state index contributed by atoms with van der Waals surface area (Å²) in [6.07, 6.45) is 1.15.